The first kappa shape index (κ1) is 12.0. The van der Waals surface area contributed by atoms with E-state index < -0.39 is 0 Å². The van der Waals surface area contributed by atoms with Crippen LogP contribution in [0.3, 0.4) is 0 Å². The summed E-state index contributed by atoms with van der Waals surface area (Å²) in [6.45, 7) is 4.53. The number of carbonyl (C=O) groups is 1. The van der Waals surface area contributed by atoms with Crippen molar-refractivity contribution in [3.05, 3.63) is 29.8 Å². The van der Waals surface area contributed by atoms with Gasteiger partial charge in [0.1, 0.15) is 12.4 Å². The Morgan fingerprint density at radius 1 is 1.41 bits per heavy atom. The van der Waals surface area contributed by atoms with Crippen molar-refractivity contribution in [1.82, 2.24) is 5.32 Å². The molecule has 17 heavy (non-hydrogen) atoms. The average molecular weight is 233 g/mol. The normalized spacial score (nSPS) is 16.4. The standard InChI is InChI=1S/C14H19NO2/c1-10-3-7-13(8-4-10)17-9-11(2)15-14(16)12-5-6-12/h3-4,7-8,11-12H,5-6,9H2,1-2H3,(H,15,16)/t11-/m1/s1. The zero-order valence-electron chi connectivity index (χ0n) is 10.4. The number of rotatable bonds is 5. The van der Waals surface area contributed by atoms with Gasteiger partial charge in [0.15, 0.2) is 0 Å². The summed E-state index contributed by atoms with van der Waals surface area (Å²) >= 11 is 0. The Hall–Kier alpha value is -1.51. The van der Waals surface area contributed by atoms with Crippen molar-refractivity contribution in [3.63, 3.8) is 0 Å². The van der Waals surface area contributed by atoms with Crippen LogP contribution >= 0.6 is 0 Å². The summed E-state index contributed by atoms with van der Waals surface area (Å²) in [6, 6.07) is 7.99. The van der Waals surface area contributed by atoms with Gasteiger partial charge in [-0.3, -0.25) is 4.79 Å². The van der Waals surface area contributed by atoms with E-state index in [4.69, 9.17) is 4.74 Å². The van der Waals surface area contributed by atoms with Gasteiger partial charge in [0, 0.05) is 5.92 Å². The van der Waals surface area contributed by atoms with Gasteiger partial charge in [-0.25, -0.2) is 0 Å². The molecule has 0 saturated heterocycles. The maximum Gasteiger partial charge on any atom is 0.223 e. The summed E-state index contributed by atoms with van der Waals surface area (Å²) in [4.78, 5) is 11.5. The summed E-state index contributed by atoms with van der Waals surface area (Å²) in [5.41, 5.74) is 1.22. The monoisotopic (exact) mass is 233 g/mol. The first-order valence-corrected chi connectivity index (χ1v) is 6.15. The van der Waals surface area contributed by atoms with Gasteiger partial charge in [0.2, 0.25) is 5.91 Å². The molecule has 1 fully saturated rings. The van der Waals surface area contributed by atoms with E-state index in [0.29, 0.717) is 6.61 Å². The Morgan fingerprint density at radius 3 is 2.65 bits per heavy atom. The van der Waals surface area contributed by atoms with Crippen LogP contribution in [-0.2, 0) is 4.79 Å². The fraction of sp³-hybridized carbons (Fsp3) is 0.500. The zero-order valence-corrected chi connectivity index (χ0v) is 10.4. The maximum absolute atomic E-state index is 11.5. The van der Waals surface area contributed by atoms with Crippen molar-refractivity contribution in [3.8, 4) is 5.75 Å². The number of benzene rings is 1. The van der Waals surface area contributed by atoms with E-state index >= 15 is 0 Å². The molecule has 1 aliphatic carbocycles. The minimum absolute atomic E-state index is 0.0596. The average Bonchev–Trinajstić information content (AvgIpc) is 3.12. The lowest BCUT2D eigenvalue weighted by molar-refractivity contribution is -0.123. The van der Waals surface area contributed by atoms with E-state index in [9.17, 15) is 4.79 Å². The molecule has 0 spiro atoms. The zero-order chi connectivity index (χ0) is 12.3. The molecule has 0 aliphatic heterocycles. The first-order valence-electron chi connectivity index (χ1n) is 6.15. The van der Waals surface area contributed by atoms with Gasteiger partial charge in [-0.1, -0.05) is 17.7 Å². The highest BCUT2D eigenvalue weighted by Crippen LogP contribution is 2.28. The summed E-state index contributed by atoms with van der Waals surface area (Å²) in [5, 5.41) is 2.96. The number of hydrogen-bond acceptors (Lipinski definition) is 2. The minimum Gasteiger partial charge on any atom is -0.491 e. The van der Waals surface area contributed by atoms with Gasteiger partial charge < -0.3 is 10.1 Å². The molecule has 1 amide bonds. The topological polar surface area (TPSA) is 38.3 Å². The number of aryl methyl sites for hydroxylation is 1. The molecular weight excluding hydrogens is 214 g/mol. The Bertz CT molecular complexity index is 382. The van der Waals surface area contributed by atoms with E-state index in [0.717, 1.165) is 18.6 Å². The van der Waals surface area contributed by atoms with E-state index in [-0.39, 0.29) is 17.9 Å². The number of carbonyl (C=O) groups excluding carboxylic acids is 1. The summed E-state index contributed by atoms with van der Waals surface area (Å²) in [7, 11) is 0. The van der Waals surface area contributed by atoms with E-state index in [1.807, 2.05) is 38.1 Å². The molecule has 1 aromatic rings. The van der Waals surface area contributed by atoms with Crippen molar-refractivity contribution in [2.45, 2.75) is 32.7 Å². The summed E-state index contributed by atoms with van der Waals surface area (Å²) < 4.78 is 5.61. The van der Waals surface area contributed by atoms with Crippen LogP contribution in [0, 0.1) is 12.8 Å². The van der Waals surface area contributed by atoms with Gasteiger partial charge in [-0.05, 0) is 38.8 Å². The molecule has 1 aromatic carbocycles. The minimum atomic E-state index is 0.0596. The van der Waals surface area contributed by atoms with E-state index in [1.165, 1.54) is 5.56 Å². The molecule has 1 atom stereocenters. The second kappa shape index (κ2) is 5.21. The molecule has 0 unspecified atom stereocenters. The molecule has 0 heterocycles. The predicted octanol–water partition coefficient (Wildman–Crippen LogP) is 2.29. The molecule has 0 radical (unpaired) electrons. The Morgan fingerprint density at radius 2 is 2.06 bits per heavy atom. The van der Waals surface area contributed by atoms with Crippen LogP contribution in [0.5, 0.6) is 5.75 Å². The fourth-order valence-electron chi connectivity index (χ4n) is 1.60. The Kier molecular flexibility index (Phi) is 3.67. The highest BCUT2D eigenvalue weighted by Gasteiger charge is 2.30. The van der Waals surface area contributed by atoms with Crippen LogP contribution in [0.25, 0.3) is 0 Å². The number of amides is 1. The van der Waals surface area contributed by atoms with Crippen LogP contribution in [-0.4, -0.2) is 18.6 Å². The van der Waals surface area contributed by atoms with Crippen molar-refractivity contribution >= 4 is 5.91 Å². The SMILES string of the molecule is Cc1ccc(OC[C@@H](C)NC(=O)C2CC2)cc1. The van der Waals surface area contributed by atoms with Gasteiger partial charge in [-0.15, -0.1) is 0 Å². The largest absolute Gasteiger partial charge is 0.491 e. The summed E-state index contributed by atoms with van der Waals surface area (Å²) in [6.07, 6.45) is 2.08. The Labute approximate surface area is 102 Å². The molecule has 0 bridgehead atoms. The molecular formula is C14H19NO2. The molecule has 92 valence electrons. The number of nitrogens with one attached hydrogen (secondary N) is 1. The molecule has 0 aromatic heterocycles. The molecule has 1 aliphatic rings. The highest BCUT2D eigenvalue weighted by molar-refractivity contribution is 5.81. The lowest BCUT2D eigenvalue weighted by atomic mass is 10.2. The van der Waals surface area contributed by atoms with Crippen LogP contribution in [0.4, 0.5) is 0 Å². The van der Waals surface area contributed by atoms with Crippen LogP contribution in [0.15, 0.2) is 24.3 Å². The highest BCUT2D eigenvalue weighted by atomic mass is 16.5. The molecule has 3 heteroatoms. The molecule has 2 rings (SSSR count). The molecule has 1 N–H and O–H groups in total. The van der Waals surface area contributed by atoms with Crippen molar-refractivity contribution in [2.75, 3.05) is 6.61 Å². The summed E-state index contributed by atoms with van der Waals surface area (Å²) in [5.74, 6) is 1.28. The third kappa shape index (κ3) is 3.77. The van der Waals surface area contributed by atoms with Crippen LogP contribution in [0.1, 0.15) is 25.3 Å². The third-order valence-corrected chi connectivity index (χ3v) is 2.86. The van der Waals surface area contributed by atoms with E-state index in [1.54, 1.807) is 0 Å². The van der Waals surface area contributed by atoms with Crippen LogP contribution < -0.4 is 10.1 Å². The first-order chi connectivity index (χ1) is 8.15. The van der Waals surface area contributed by atoms with Crippen molar-refractivity contribution in [2.24, 2.45) is 5.92 Å². The number of ether oxygens (including phenoxy) is 1. The third-order valence-electron chi connectivity index (χ3n) is 2.86. The quantitative estimate of drug-likeness (QED) is 0.847. The van der Waals surface area contributed by atoms with Gasteiger partial charge >= 0.3 is 0 Å². The Balaban J connectivity index is 1.73. The van der Waals surface area contributed by atoms with Gasteiger partial charge in [0.25, 0.3) is 0 Å². The van der Waals surface area contributed by atoms with Crippen molar-refractivity contribution in [1.29, 1.82) is 0 Å². The predicted molar refractivity (Wildman–Crippen MR) is 67.0 cm³/mol. The molecule has 3 nitrogen and oxygen atoms in total. The van der Waals surface area contributed by atoms with Gasteiger partial charge in [-0.2, -0.15) is 0 Å². The van der Waals surface area contributed by atoms with Crippen LogP contribution in [0.2, 0.25) is 0 Å². The lowest BCUT2D eigenvalue weighted by Gasteiger charge is -2.14. The van der Waals surface area contributed by atoms with E-state index in [2.05, 4.69) is 5.32 Å². The molecule has 1 saturated carbocycles. The maximum atomic E-state index is 11.5. The second-order valence-electron chi connectivity index (χ2n) is 4.81. The van der Waals surface area contributed by atoms with Gasteiger partial charge in [0.05, 0.1) is 6.04 Å². The van der Waals surface area contributed by atoms with Crippen molar-refractivity contribution < 1.29 is 9.53 Å². The second-order valence-corrected chi connectivity index (χ2v) is 4.81. The lowest BCUT2D eigenvalue weighted by Crippen LogP contribution is -2.37. The smallest absolute Gasteiger partial charge is 0.223 e. The number of hydrogen-bond donors (Lipinski definition) is 1. The fourth-order valence-corrected chi connectivity index (χ4v) is 1.60.